The maximum absolute atomic E-state index is 4.08. The van der Waals surface area contributed by atoms with E-state index in [0.29, 0.717) is 11.3 Å². The minimum absolute atomic E-state index is 0.370. The molecule has 20 heavy (non-hydrogen) atoms. The normalized spacial score (nSPS) is 13.9. The van der Waals surface area contributed by atoms with E-state index >= 15 is 0 Å². The summed E-state index contributed by atoms with van der Waals surface area (Å²) in [6, 6.07) is 15.2. The lowest BCUT2D eigenvalue weighted by molar-refractivity contribution is 0.528. The van der Waals surface area contributed by atoms with Crippen LogP contribution in [0.1, 0.15) is 31.9 Å². The van der Waals surface area contributed by atoms with Crippen molar-refractivity contribution >= 4 is 11.8 Å². The van der Waals surface area contributed by atoms with E-state index in [1.165, 1.54) is 10.5 Å². The van der Waals surface area contributed by atoms with Gasteiger partial charge in [0.1, 0.15) is 0 Å². The van der Waals surface area contributed by atoms with Crippen molar-refractivity contribution in [1.82, 2.24) is 10.3 Å². The molecule has 0 saturated heterocycles. The van der Waals surface area contributed by atoms with Crippen LogP contribution in [0.15, 0.2) is 59.8 Å². The van der Waals surface area contributed by atoms with Crippen LogP contribution in [-0.4, -0.2) is 16.8 Å². The number of aromatic nitrogens is 1. The minimum Gasteiger partial charge on any atom is -0.309 e. The van der Waals surface area contributed by atoms with E-state index in [1.807, 2.05) is 24.2 Å². The van der Waals surface area contributed by atoms with Gasteiger partial charge in [-0.05, 0) is 30.7 Å². The van der Waals surface area contributed by atoms with Crippen LogP contribution in [0.4, 0.5) is 0 Å². The first kappa shape index (κ1) is 15.1. The summed E-state index contributed by atoms with van der Waals surface area (Å²) >= 11 is 1.89. The molecule has 1 heterocycles. The lowest BCUT2D eigenvalue weighted by Crippen LogP contribution is -2.29. The van der Waals surface area contributed by atoms with Gasteiger partial charge in [0.2, 0.25) is 0 Å². The Morgan fingerprint density at radius 1 is 1.10 bits per heavy atom. The monoisotopic (exact) mass is 286 g/mol. The molecule has 0 aliphatic carbocycles. The molecule has 2 unspecified atom stereocenters. The Labute approximate surface area is 126 Å². The highest BCUT2D eigenvalue weighted by Gasteiger charge is 2.19. The number of thioether (sulfide) groups is 1. The van der Waals surface area contributed by atoms with Crippen molar-refractivity contribution in [2.45, 2.75) is 36.5 Å². The molecule has 1 aromatic heterocycles. The van der Waals surface area contributed by atoms with Crippen LogP contribution in [0.5, 0.6) is 0 Å². The molecule has 2 nitrogen and oxygen atoms in total. The van der Waals surface area contributed by atoms with E-state index in [4.69, 9.17) is 0 Å². The standard InChI is InChI=1S/C17H22N2S/c1-3-11-19-17(15-7-5-4-6-8-15)14(2)20-16-9-12-18-13-10-16/h4-10,12-14,17,19H,3,11H2,1-2H3. The van der Waals surface area contributed by atoms with Crippen LogP contribution in [0, 0.1) is 0 Å². The zero-order valence-electron chi connectivity index (χ0n) is 12.1. The first-order valence-electron chi connectivity index (χ1n) is 7.16. The molecule has 1 aromatic carbocycles. The van der Waals surface area contributed by atoms with E-state index in [0.717, 1.165) is 13.0 Å². The third-order valence-corrected chi connectivity index (χ3v) is 4.40. The Balaban J connectivity index is 2.10. The van der Waals surface area contributed by atoms with Crippen molar-refractivity contribution in [3.05, 3.63) is 60.4 Å². The van der Waals surface area contributed by atoms with E-state index in [9.17, 15) is 0 Å². The Bertz CT molecular complexity index is 487. The number of benzene rings is 1. The zero-order chi connectivity index (χ0) is 14.2. The van der Waals surface area contributed by atoms with Crippen LogP contribution in [0.3, 0.4) is 0 Å². The number of hydrogen-bond donors (Lipinski definition) is 1. The molecule has 2 aromatic rings. The number of pyridine rings is 1. The molecule has 0 bridgehead atoms. The van der Waals surface area contributed by atoms with E-state index < -0.39 is 0 Å². The fourth-order valence-electron chi connectivity index (χ4n) is 2.21. The molecule has 106 valence electrons. The Morgan fingerprint density at radius 2 is 1.80 bits per heavy atom. The van der Waals surface area contributed by atoms with Gasteiger partial charge in [0.05, 0.1) is 0 Å². The third-order valence-electron chi connectivity index (χ3n) is 3.21. The van der Waals surface area contributed by atoms with Crippen LogP contribution >= 0.6 is 11.8 Å². The maximum Gasteiger partial charge on any atom is 0.0441 e. The molecular formula is C17H22N2S. The topological polar surface area (TPSA) is 24.9 Å². The molecule has 2 atom stereocenters. The molecule has 0 amide bonds. The van der Waals surface area contributed by atoms with Gasteiger partial charge in [-0.3, -0.25) is 4.98 Å². The Morgan fingerprint density at radius 3 is 2.45 bits per heavy atom. The molecule has 2 rings (SSSR count). The number of nitrogens with one attached hydrogen (secondary N) is 1. The predicted octanol–water partition coefficient (Wildman–Crippen LogP) is 4.30. The number of hydrogen-bond acceptors (Lipinski definition) is 3. The molecule has 0 radical (unpaired) electrons. The average molecular weight is 286 g/mol. The number of nitrogens with zero attached hydrogens (tertiary/aromatic N) is 1. The van der Waals surface area contributed by atoms with Crippen LogP contribution in [-0.2, 0) is 0 Å². The predicted molar refractivity (Wildman–Crippen MR) is 87.0 cm³/mol. The minimum atomic E-state index is 0.370. The quantitative estimate of drug-likeness (QED) is 0.768. The average Bonchev–Trinajstić information content (AvgIpc) is 2.50. The van der Waals surface area contributed by atoms with E-state index in [-0.39, 0.29) is 0 Å². The smallest absolute Gasteiger partial charge is 0.0441 e. The van der Waals surface area contributed by atoms with Crippen LogP contribution in [0.2, 0.25) is 0 Å². The van der Waals surface area contributed by atoms with Gasteiger partial charge >= 0.3 is 0 Å². The van der Waals surface area contributed by atoms with Gasteiger partial charge < -0.3 is 5.32 Å². The van der Waals surface area contributed by atoms with E-state index in [2.05, 4.69) is 66.6 Å². The summed E-state index contributed by atoms with van der Waals surface area (Å²) < 4.78 is 0. The van der Waals surface area contributed by atoms with Gasteiger partial charge in [-0.15, -0.1) is 11.8 Å². The summed E-state index contributed by atoms with van der Waals surface area (Å²) in [6.45, 7) is 5.53. The van der Waals surface area contributed by atoms with Gasteiger partial charge in [0, 0.05) is 28.6 Å². The molecule has 0 spiro atoms. The van der Waals surface area contributed by atoms with Crippen molar-refractivity contribution in [2.75, 3.05) is 6.54 Å². The van der Waals surface area contributed by atoms with Crippen molar-refractivity contribution in [2.24, 2.45) is 0 Å². The summed E-state index contributed by atoms with van der Waals surface area (Å²) in [7, 11) is 0. The highest BCUT2D eigenvalue weighted by Crippen LogP contribution is 2.31. The van der Waals surface area contributed by atoms with Crippen molar-refractivity contribution in [1.29, 1.82) is 0 Å². The third kappa shape index (κ3) is 4.36. The SMILES string of the molecule is CCCNC(c1ccccc1)C(C)Sc1ccncc1. The molecule has 0 aliphatic heterocycles. The molecule has 0 aliphatic rings. The zero-order valence-corrected chi connectivity index (χ0v) is 12.9. The van der Waals surface area contributed by atoms with Gasteiger partial charge in [-0.25, -0.2) is 0 Å². The summed E-state index contributed by atoms with van der Waals surface area (Å²) in [5.41, 5.74) is 1.36. The summed E-state index contributed by atoms with van der Waals surface area (Å²) in [6.07, 6.45) is 4.86. The summed E-state index contributed by atoms with van der Waals surface area (Å²) in [5.74, 6) is 0. The lowest BCUT2D eigenvalue weighted by atomic mass is 10.0. The fourth-order valence-corrected chi connectivity index (χ4v) is 3.31. The highest BCUT2D eigenvalue weighted by molar-refractivity contribution is 8.00. The number of rotatable bonds is 7. The largest absolute Gasteiger partial charge is 0.309 e. The molecule has 0 fully saturated rings. The lowest BCUT2D eigenvalue weighted by Gasteiger charge is -2.25. The van der Waals surface area contributed by atoms with Gasteiger partial charge in [0.15, 0.2) is 0 Å². The highest BCUT2D eigenvalue weighted by atomic mass is 32.2. The van der Waals surface area contributed by atoms with E-state index in [1.54, 1.807) is 0 Å². The summed E-state index contributed by atoms with van der Waals surface area (Å²) in [4.78, 5) is 5.35. The maximum atomic E-state index is 4.08. The molecule has 1 N–H and O–H groups in total. The van der Waals surface area contributed by atoms with Crippen LogP contribution < -0.4 is 5.32 Å². The second-order valence-electron chi connectivity index (χ2n) is 4.85. The molecular weight excluding hydrogens is 264 g/mol. The Kier molecular flexibility index (Phi) is 6.09. The first-order valence-corrected chi connectivity index (χ1v) is 8.04. The van der Waals surface area contributed by atoms with Gasteiger partial charge in [-0.2, -0.15) is 0 Å². The van der Waals surface area contributed by atoms with Crippen LogP contribution in [0.25, 0.3) is 0 Å². The van der Waals surface area contributed by atoms with Crippen molar-refractivity contribution in [3.8, 4) is 0 Å². The Hall–Kier alpha value is -1.32. The first-order chi connectivity index (χ1) is 9.81. The second-order valence-corrected chi connectivity index (χ2v) is 6.30. The van der Waals surface area contributed by atoms with Gasteiger partial charge in [0.25, 0.3) is 0 Å². The summed E-state index contributed by atoms with van der Waals surface area (Å²) in [5, 5.41) is 4.13. The van der Waals surface area contributed by atoms with Crippen molar-refractivity contribution in [3.63, 3.8) is 0 Å². The van der Waals surface area contributed by atoms with Gasteiger partial charge in [-0.1, -0.05) is 44.2 Å². The fraction of sp³-hybridized carbons (Fsp3) is 0.353. The molecule has 0 saturated carbocycles. The van der Waals surface area contributed by atoms with Crippen molar-refractivity contribution < 1.29 is 0 Å². The molecule has 3 heteroatoms. The second kappa shape index (κ2) is 8.08.